The van der Waals surface area contributed by atoms with Crippen molar-refractivity contribution in [3.63, 3.8) is 0 Å². The molecule has 4 heterocycles. The van der Waals surface area contributed by atoms with Crippen molar-refractivity contribution >= 4 is 11.3 Å². The van der Waals surface area contributed by atoms with Gasteiger partial charge < -0.3 is 5.32 Å². The molecule has 0 aliphatic carbocycles. The van der Waals surface area contributed by atoms with Crippen molar-refractivity contribution in [2.45, 2.75) is 37.9 Å². The van der Waals surface area contributed by atoms with Crippen LogP contribution in [-0.2, 0) is 13.0 Å². The minimum absolute atomic E-state index is 0.582. The molecule has 3 fully saturated rings. The third-order valence-corrected chi connectivity index (χ3v) is 7.31. The zero-order valence-electron chi connectivity index (χ0n) is 16.3. The average Bonchev–Trinajstić information content (AvgIpc) is 3.30. The number of piperidine rings is 3. The van der Waals surface area contributed by atoms with E-state index < -0.39 is 0 Å². The van der Waals surface area contributed by atoms with Crippen molar-refractivity contribution in [1.82, 2.24) is 10.2 Å². The molecule has 2 atom stereocenters. The zero-order valence-corrected chi connectivity index (χ0v) is 17.1. The molecule has 2 unspecified atom stereocenters. The molecular weight excluding hydrogens is 360 g/mol. The number of hydrogen-bond acceptors (Lipinski definition) is 3. The largest absolute Gasteiger partial charge is 0.308 e. The molecule has 2 bridgehead atoms. The lowest BCUT2D eigenvalue weighted by Crippen LogP contribution is -2.63. The number of nitrogens with zero attached hydrogens (tertiary/aromatic N) is 1. The molecule has 2 aromatic carbocycles. The lowest BCUT2D eigenvalue weighted by Gasteiger charge is -2.51. The maximum Gasteiger partial charge on any atom is 0.0292 e. The standard InChI is InChI=1S/C25H28N2S/c1-2-6-19(7-3-1)17-26-25-20-10-13-27(14-11-20)24(25)16-21-8-4-5-9-23(21)22-12-15-28-18-22/h1-9,12,15,18,20,24-26H,10-11,13-14,16-17H2. The van der Waals surface area contributed by atoms with E-state index in [4.69, 9.17) is 0 Å². The van der Waals surface area contributed by atoms with Crippen LogP contribution in [0.5, 0.6) is 0 Å². The van der Waals surface area contributed by atoms with Crippen molar-refractivity contribution in [2.24, 2.45) is 5.92 Å². The molecule has 0 spiro atoms. The van der Waals surface area contributed by atoms with Gasteiger partial charge in [0.2, 0.25) is 0 Å². The first-order valence-electron chi connectivity index (χ1n) is 10.5. The van der Waals surface area contributed by atoms with Gasteiger partial charge in [0.1, 0.15) is 0 Å². The van der Waals surface area contributed by atoms with Crippen LogP contribution in [0.4, 0.5) is 0 Å². The lowest BCUT2D eigenvalue weighted by atomic mass is 9.76. The molecule has 3 aliphatic heterocycles. The Morgan fingerprint density at radius 2 is 1.71 bits per heavy atom. The van der Waals surface area contributed by atoms with Gasteiger partial charge in [-0.2, -0.15) is 11.3 Å². The van der Waals surface area contributed by atoms with Crippen LogP contribution in [0.2, 0.25) is 0 Å². The van der Waals surface area contributed by atoms with Crippen molar-refractivity contribution < 1.29 is 0 Å². The minimum atomic E-state index is 0.582. The monoisotopic (exact) mass is 388 g/mol. The van der Waals surface area contributed by atoms with Gasteiger partial charge in [0, 0.05) is 18.6 Å². The predicted octanol–water partition coefficient (Wildman–Crippen LogP) is 5.21. The fourth-order valence-corrected chi connectivity index (χ4v) is 5.82. The second-order valence-electron chi connectivity index (χ2n) is 8.21. The van der Waals surface area contributed by atoms with Crippen molar-refractivity contribution in [1.29, 1.82) is 0 Å². The Kier molecular flexibility index (Phi) is 5.30. The average molecular weight is 389 g/mol. The Hall–Kier alpha value is -1.94. The number of thiophene rings is 1. The van der Waals surface area contributed by atoms with Gasteiger partial charge in [-0.05, 0) is 77.4 Å². The molecule has 3 aliphatic rings. The first-order chi connectivity index (χ1) is 13.9. The molecule has 3 heteroatoms. The van der Waals surface area contributed by atoms with Crippen LogP contribution < -0.4 is 5.32 Å². The first kappa shape index (κ1) is 18.1. The highest BCUT2D eigenvalue weighted by atomic mass is 32.1. The highest BCUT2D eigenvalue weighted by Crippen LogP contribution is 2.36. The van der Waals surface area contributed by atoms with Gasteiger partial charge in [-0.3, -0.25) is 4.90 Å². The molecule has 0 amide bonds. The maximum absolute atomic E-state index is 3.95. The Bertz CT molecular complexity index is 882. The number of nitrogens with one attached hydrogen (secondary N) is 1. The number of fused-ring (bicyclic) bond motifs is 3. The molecule has 0 radical (unpaired) electrons. The quantitative estimate of drug-likeness (QED) is 0.623. The first-order valence-corrected chi connectivity index (χ1v) is 11.4. The Balaban J connectivity index is 1.38. The predicted molar refractivity (Wildman–Crippen MR) is 119 cm³/mol. The molecule has 3 saturated heterocycles. The van der Waals surface area contributed by atoms with Crippen LogP contribution in [0.15, 0.2) is 71.4 Å². The van der Waals surface area contributed by atoms with Crippen LogP contribution in [0.1, 0.15) is 24.0 Å². The second-order valence-corrected chi connectivity index (χ2v) is 8.99. The molecule has 1 N–H and O–H groups in total. The Labute approximate surface area is 172 Å². The van der Waals surface area contributed by atoms with Crippen LogP contribution >= 0.6 is 11.3 Å². The topological polar surface area (TPSA) is 15.3 Å². The maximum atomic E-state index is 3.95. The summed E-state index contributed by atoms with van der Waals surface area (Å²) in [4.78, 5) is 2.74. The number of rotatable bonds is 6. The summed E-state index contributed by atoms with van der Waals surface area (Å²) in [5, 5.41) is 8.41. The van der Waals surface area contributed by atoms with Gasteiger partial charge in [0.25, 0.3) is 0 Å². The Morgan fingerprint density at radius 1 is 0.929 bits per heavy atom. The SMILES string of the molecule is c1ccc(CNC2C3CCN(CC3)C2Cc2ccccc2-c2ccsc2)cc1. The third-order valence-electron chi connectivity index (χ3n) is 6.63. The zero-order chi connectivity index (χ0) is 18.8. The van der Waals surface area contributed by atoms with E-state index in [-0.39, 0.29) is 0 Å². The van der Waals surface area contributed by atoms with E-state index in [1.165, 1.54) is 48.2 Å². The molecule has 144 valence electrons. The van der Waals surface area contributed by atoms with Crippen LogP contribution in [0, 0.1) is 5.92 Å². The van der Waals surface area contributed by atoms with Gasteiger partial charge in [-0.1, -0.05) is 54.6 Å². The molecule has 2 nitrogen and oxygen atoms in total. The highest BCUT2D eigenvalue weighted by Gasteiger charge is 2.41. The lowest BCUT2D eigenvalue weighted by molar-refractivity contribution is 0.0127. The van der Waals surface area contributed by atoms with Gasteiger partial charge >= 0.3 is 0 Å². The summed E-state index contributed by atoms with van der Waals surface area (Å²) in [5.74, 6) is 0.812. The highest BCUT2D eigenvalue weighted by molar-refractivity contribution is 7.08. The number of hydrogen-bond donors (Lipinski definition) is 1. The summed E-state index contributed by atoms with van der Waals surface area (Å²) in [7, 11) is 0. The summed E-state index contributed by atoms with van der Waals surface area (Å²) in [5.41, 5.74) is 5.65. The van der Waals surface area contributed by atoms with Crippen molar-refractivity contribution in [2.75, 3.05) is 13.1 Å². The van der Waals surface area contributed by atoms with E-state index in [0.717, 1.165) is 18.9 Å². The van der Waals surface area contributed by atoms with E-state index in [0.29, 0.717) is 12.1 Å². The summed E-state index contributed by atoms with van der Waals surface area (Å²) in [6.45, 7) is 3.50. The van der Waals surface area contributed by atoms with Gasteiger partial charge in [-0.15, -0.1) is 0 Å². The second kappa shape index (κ2) is 8.20. The number of benzene rings is 2. The third kappa shape index (κ3) is 3.67. The van der Waals surface area contributed by atoms with Crippen LogP contribution in [0.3, 0.4) is 0 Å². The molecule has 1 aromatic heterocycles. The van der Waals surface area contributed by atoms with E-state index >= 15 is 0 Å². The molecular formula is C25H28N2S. The molecule has 28 heavy (non-hydrogen) atoms. The van der Waals surface area contributed by atoms with E-state index in [9.17, 15) is 0 Å². The van der Waals surface area contributed by atoms with E-state index in [1.54, 1.807) is 11.3 Å². The molecule has 0 saturated carbocycles. The summed E-state index contributed by atoms with van der Waals surface area (Å²) in [6.07, 6.45) is 3.82. The van der Waals surface area contributed by atoms with Crippen molar-refractivity contribution in [3.05, 3.63) is 82.6 Å². The summed E-state index contributed by atoms with van der Waals surface area (Å²) < 4.78 is 0. The van der Waals surface area contributed by atoms with Crippen LogP contribution in [-0.4, -0.2) is 30.1 Å². The summed E-state index contributed by atoms with van der Waals surface area (Å²) in [6, 6.07) is 23.3. The molecule has 6 rings (SSSR count). The minimum Gasteiger partial charge on any atom is -0.308 e. The normalized spacial score (nSPS) is 26.4. The summed E-state index contributed by atoms with van der Waals surface area (Å²) >= 11 is 1.78. The van der Waals surface area contributed by atoms with Gasteiger partial charge in [-0.25, -0.2) is 0 Å². The van der Waals surface area contributed by atoms with Gasteiger partial charge in [0.05, 0.1) is 0 Å². The van der Waals surface area contributed by atoms with Crippen LogP contribution in [0.25, 0.3) is 11.1 Å². The Morgan fingerprint density at radius 3 is 2.50 bits per heavy atom. The fourth-order valence-electron chi connectivity index (χ4n) is 5.16. The fraction of sp³-hybridized carbons (Fsp3) is 0.360. The van der Waals surface area contributed by atoms with Gasteiger partial charge in [0.15, 0.2) is 0 Å². The van der Waals surface area contributed by atoms with E-state index in [2.05, 4.69) is 81.6 Å². The van der Waals surface area contributed by atoms with E-state index in [1.807, 2.05) is 0 Å². The molecule has 3 aromatic rings. The van der Waals surface area contributed by atoms with Crippen molar-refractivity contribution in [3.8, 4) is 11.1 Å². The smallest absolute Gasteiger partial charge is 0.0292 e.